The van der Waals surface area contributed by atoms with E-state index in [9.17, 15) is 44.3 Å². The fourth-order valence-corrected chi connectivity index (χ4v) is 4.80. The van der Waals surface area contributed by atoms with Gasteiger partial charge in [-0.15, -0.1) is 10.2 Å². The van der Waals surface area contributed by atoms with Gasteiger partial charge < -0.3 is 15.2 Å². The van der Waals surface area contributed by atoms with E-state index in [0.29, 0.717) is 29.8 Å². The number of methoxy groups -OCH3 is 2. The number of rotatable bonds is 8. The van der Waals surface area contributed by atoms with E-state index >= 15 is 0 Å². The van der Waals surface area contributed by atoms with Crippen LogP contribution in [0.25, 0.3) is 17.2 Å². The SMILES string of the molecule is COC(=O)C=Cc1ccc(OC)c(-c2ccc(C(F)(F)F)cc2C(N)(Cc2cc(C(F)(F)F)cc(C(F)(F)F)c2)c2nnn(C)n2)c1. The molecule has 1 heterocycles. The Labute approximate surface area is 260 Å². The van der Waals surface area contributed by atoms with E-state index in [1.165, 1.54) is 38.4 Å². The number of nitrogens with two attached hydrogens (primary N) is 1. The second-order valence-electron chi connectivity index (χ2n) is 10.2. The number of hydrogen-bond acceptors (Lipinski definition) is 7. The number of benzene rings is 3. The Balaban J connectivity index is 2.07. The number of carbonyl (C=O) groups excluding carboxylic acids is 1. The predicted molar refractivity (Wildman–Crippen MR) is 148 cm³/mol. The molecule has 0 saturated heterocycles. The van der Waals surface area contributed by atoms with Crippen LogP contribution in [0.5, 0.6) is 5.75 Å². The van der Waals surface area contributed by atoms with Gasteiger partial charge in [-0.25, -0.2) is 4.79 Å². The molecule has 2 N–H and O–H groups in total. The summed E-state index contributed by atoms with van der Waals surface area (Å²) in [6, 6.07) is 7.44. The summed E-state index contributed by atoms with van der Waals surface area (Å²) in [5, 5.41) is 11.4. The van der Waals surface area contributed by atoms with Gasteiger partial charge in [-0.2, -0.15) is 44.3 Å². The first-order valence-electron chi connectivity index (χ1n) is 13.2. The minimum Gasteiger partial charge on any atom is -0.496 e. The molecule has 0 saturated carbocycles. The Morgan fingerprint density at radius 2 is 1.45 bits per heavy atom. The van der Waals surface area contributed by atoms with Crippen LogP contribution in [0.15, 0.2) is 60.7 Å². The number of esters is 1. The van der Waals surface area contributed by atoms with Crippen molar-refractivity contribution in [2.75, 3.05) is 14.2 Å². The van der Waals surface area contributed by atoms with Crippen molar-refractivity contribution in [1.29, 1.82) is 0 Å². The van der Waals surface area contributed by atoms with Crippen molar-refractivity contribution in [1.82, 2.24) is 20.2 Å². The standard InChI is InChI=1S/C30H24F9N5O3/c1-44-42-26(41-43-44)27(40,15-17-10-19(29(34,35)36)13-20(11-17)30(37,38)39)23-14-18(28(31,32)33)6-7-21(23)22-12-16(4-8-24(22)46-2)5-9-25(45)47-3/h4-14H,15,40H2,1-3H3. The molecule has 0 radical (unpaired) electrons. The first-order chi connectivity index (χ1) is 21.8. The highest BCUT2D eigenvalue weighted by Gasteiger charge is 2.42. The van der Waals surface area contributed by atoms with Crippen molar-refractivity contribution < 1.29 is 53.8 Å². The van der Waals surface area contributed by atoms with E-state index in [1.54, 1.807) is 0 Å². The van der Waals surface area contributed by atoms with E-state index < -0.39 is 70.1 Å². The van der Waals surface area contributed by atoms with Gasteiger partial charge >= 0.3 is 24.5 Å². The molecule has 1 atom stereocenters. The van der Waals surface area contributed by atoms with Gasteiger partial charge in [0.2, 0.25) is 0 Å². The zero-order valence-corrected chi connectivity index (χ0v) is 24.6. The summed E-state index contributed by atoms with van der Waals surface area (Å²) >= 11 is 0. The van der Waals surface area contributed by atoms with Gasteiger partial charge in [0.1, 0.15) is 11.3 Å². The highest BCUT2D eigenvalue weighted by molar-refractivity contribution is 5.87. The number of halogens is 9. The molecule has 3 aromatic carbocycles. The van der Waals surface area contributed by atoms with Crippen LogP contribution in [-0.4, -0.2) is 40.4 Å². The maximum atomic E-state index is 14.1. The number of ether oxygens (including phenoxy) is 2. The molecule has 250 valence electrons. The van der Waals surface area contributed by atoms with Crippen molar-refractivity contribution >= 4 is 12.0 Å². The van der Waals surface area contributed by atoms with E-state index in [2.05, 4.69) is 20.1 Å². The Hall–Kier alpha value is -4.93. The molecule has 0 aliphatic heterocycles. The minimum atomic E-state index is -5.22. The largest absolute Gasteiger partial charge is 0.496 e. The zero-order chi connectivity index (χ0) is 34.9. The predicted octanol–water partition coefficient (Wildman–Crippen LogP) is 6.57. The number of hydrogen-bond donors (Lipinski definition) is 1. The van der Waals surface area contributed by atoms with Crippen LogP contribution in [0.4, 0.5) is 39.5 Å². The van der Waals surface area contributed by atoms with E-state index in [-0.39, 0.29) is 22.9 Å². The molecule has 0 aliphatic carbocycles. The third kappa shape index (κ3) is 7.73. The summed E-state index contributed by atoms with van der Waals surface area (Å²) < 4.78 is 135. The number of carbonyl (C=O) groups is 1. The third-order valence-electron chi connectivity index (χ3n) is 6.99. The summed E-state index contributed by atoms with van der Waals surface area (Å²) in [7, 11) is 3.67. The fraction of sp³-hybridized carbons (Fsp3) is 0.267. The van der Waals surface area contributed by atoms with Crippen LogP contribution in [0.3, 0.4) is 0 Å². The second kappa shape index (κ2) is 12.7. The lowest BCUT2D eigenvalue weighted by molar-refractivity contribution is -0.143. The normalized spacial score (nSPS) is 13.9. The summed E-state index contributed by atoms with van der Waals surface area (Å²) in [6.45, 7) is 0. The summed E-state index contributed by atoms with van der Waals surface area (Å²) in [5.41, 5.74) is -0.894. The smallest absolute Gasteiger partial charge is 0.416 e. The third-order valence-corrected chi connectivity index (χ3v) is 6.99. The number of aryl methyl sites for hydroxylation is 1. The Kier molecular flexibility index (Phi) is 9.44. The average molecular weight is 674 g/mol. The van der Waals surface area contributed by atoms with Crippen LogP contribution >= 0.6 is 0 Å². The van der Waals surface area contributed by atoms with Gasteiger partial charge in [-0.1, -0.05) is 12.1 Å². The lowest BCUT2D eigenvalue weighted by Gasteiger charge is -2.31. The van der Waals surface area contributed by atoms with Crippen LogP contribution < -0.4 is 10.5 Å². The molecule has 0 spiro atoms. The van der Waals surface area contributed by atoms with Gasteiger partial charge in [0, 0.05) is 18.1 Å². The molecule has 47 heavy (non-hydrogen) atoms. The van der Waals surface area contributed by atoms with Crippen molar-refractivity contribution in [3.8, 4) is 16.9 Å². The van der Waals surface area contributed by atoms with Crippen LogP contribution in [0.1, 0.15) is 39.2 Å². The van der Waals surface area contributed by atoms with Gasteiger partial charge in [0.05, 0.1) is 38.0 Å². The second-order valence-corrected chi connectivity index (χ2v) is 10.2. The summed E-state index contributed by atoms with van der Waals surface area (Å²) in [5.74, 6) is -1.13. The number of nitrogens with zero attached hydrogens (tertiary/aromatic N) is 4. The van der Waals surface area contributed by atoms with Gasteiger partial charge in [-0.05, 0) is 76.0 Å². The first-order valence-corrected chi connectivity index (χ1v) is 13.2. The monoisotopic (exact) mass is 673 g/mol. The fourth-order valence-electron chi connectivity index (χ4n) is 4.80. The molecule has 0 aliphatic rings. The molecular weight excluding hydrogens is 649 g/mol. The molecule has 17 heteroatoms. The molecule has 0 amide bonds. The van der Waals surface area contributed by atoms with Crippen molar-refractivity contribution in [2.24, 2.45) is 12.8 Å². The Morgan fingerprint density at radius 1 is 0.830 bits per heavy atom. The van der Waals surface area contributed by atoms with Gasteiger partial charge in [0.25, 0.3) is 0 Å². The van der Waals surface area contributed by atoms with Crippen molar-refractivity contribution in [3.63, 3.8) is 0 Å². The molecule has 4 aromatic rings. The van der Waals surface area contributed by atoms with E-state index in [1.807, 2.05) is 0 Å². The minimum absolute atomic E-state index is 0.0684. The maximum Gasteiger partial charge on any atom is 0.416 e. The molecule has 0 fully saturated rings. The van der Waals surface area contributed by atoms with Crippen molar-refractivity contribution in [3.05, 3.63) is 99.9 Å². The van der Waals surface area contributed by atoms with E-state index in [4.69, 9.17) is 10.5 Å². The summed E-state index contributed by atoms with van der Waals surface area (Å²) in [6.07, 6.45) is -13.9. The Bertz CT molecular complexity index is 1780. The average Bonchev–Trinajstić information content (AvgIpc) is 3.44. The quantitative estimate of drug-likeness (QED) is 0.128. The molecule has 8 nitrogen and oxygen atoms in total. The zero-order valence-electron chi connectivity index (χ0n) is 24.6. The van der Waals surface area contributed by atoms with Gasteiger partial charge in [0.15, 0.2) is 5.82 Å². The Morgan fingerprint density at radius 3 is 1.96 bits per heavy atom. The topological polar surface area (TPSA) is 105 Å². The highest BCUT2D eigenvalue weighted by atomic mass is 19.4. The van der Waals surface area contributed by atoms with Crippen LogP contribution in [0, 0.1) is 0 Å². The number of tetrazole rings is 1. The number of alkyl halides is 9. The maximum absolute atomic E-state index is 14.1. The molecule has 0 bridgehead atoms. The molecule has 4 rings (SSSR count). The van der Waals surface area contributed by atoms with Crippen molar-refractivity contribution in [2.45, 2.75) is 30.5 Å². The first kappa shape index (κ1) is 34.9. The van der Waals surface area contributed by atoms with Crippen LogP contribution in [0.2, 0.25) is 0 Å². The van der Waals surface area contributed by atoms with Gasteiger partial charge in [-0.3, -0.25) is 0 Å². The molecule has 1 unspecified atom stereocenters. The lowest BCUT2D eigenvalue weighted by atomic mass is 9.78. The molecular formula is C30H24F9N5O3. The molecule has 1 aromatic heterocycles. The number of aromatic nitrogens is 4. The summed E-state index contributed by atoms with van der Waals surface area (Å²) in [4.78, 5) is 12.5. The highest BCUT2D eigenvalue weighted by Crippen LogP contribution is 2.44. The van der Waals surface area contributed by atoms with E-state index in [0.717, 1.165) is 24.0 Å². The lowest BCUT2D eigenvalue weighted by Crippen LogP contribution is -2.42. The van der Waals surface area contributed by atoms with Crippen LogP contribution in [-0.2, 0) is 47.1 Å².